The largest absolute Gasteiger partial charge is 0.355 e. The Hall–Kier alpha value is -1.69. The van der Waals surface area contributed by atoms with Crippen LogP contribution in [0.3, 0.4) is 0 Å². The molecular weight excluding hydrogens is 220 g/mol. The summed E-state index contributed by atoms with van der Waals surface area (Å²) in [6.07, 6.45) is 2.07. The van der Waals surface area contributed by atoms with Crippen LogP contribution in [0, 0.1) is 17.0 Å². The third kappa shape index (κ3) is 2.52. The van der Waals surface area contributed by atoms with Crippen LogP contribution in [0.25, 0.3) is 0 Å². The summed E-state index contributed by atoms with van der Waals surface area (Å²) in [5, 5.41) is 10.7. The van der Waals surface area contributed by atoms with Crippen LogP contribution in [-0.4, -0.2) is 29.0 Å². The van der Waals surface area contributed by atoms with Crippen molar-refractivity contribution in [3.63, 3.8) is 0 Å². The summed E-state index contributed by atoms with van der Waals surface area (Å²) in [6.45, 7) is 3.34. The summed E-state index contributed by atoms with van der Waals surface area (Å²) in [5.74, 6) is 0.781. The second-order valence-electron chi connectivity index (χ2n) is 4.38. The Balaban J connectivity index is 2.22. The highest BCUT2D eigenvalue weighted by molar-refractivity contribution is 5.47. The molecule has 6 heteroatoms. The van der Waals surface area contributed by atoms with E-state index in [1.54, 1.807) is 13.0 Å². The average molecular weight is 236 g/mol. The van der Waals surface area contributed by atoms with E-state index in [0.29, 0.717) is 5.69 Å². The molecule has 17 heavy (non-hydrogen) atoms. The quantitative estimate of drug-likeness (QED) is 0.616. The van der Waals surface area contributed by atoms with Crippen LogP contribution in [0.2, 0.25) is 0 Å². The summed E-state index contributed by atoms with van der Waals surface area (Å²) in [6, 6.07) is 3.38. The standard InChI is InChI=1S/C11H16N4O2/c1-8-10(15(16)17)4-5-11(13-8)14-6-2-3-9(12)7-14/h4-5,9H,2-3,6-7,12H2,1H3/t9-/m1/s1. The van der Waals surface area contributed by atoms with E-state index in [9.17, 15) is 10.1 Å². The van der Waals surface area contributed by atoms with Gasteiger partial charge in [-0.1, -0.05) is 0 Å². The van der Waals surface area contributed by atoms with Crippen LogP contribution in [0.1, 0.15) is 18.5 Å². The maximum Gasteiger partial charge on any atom is 0.290 e. The monoisotopic (exact) mass is 236 g/mol. The van der Waals surface area contributed by atoms with Gasteiger partial charge >= 0.3 is 0 Å². The maximum atomic E-state index is 10.7. The Morgan fingerprint density at radius 2 is 2.35 bits per heavy atom. The van der Waals surface area contributed by atoms with Gasteiger partial charge in [0.05, 0.1) is 4.92 Å². The van der Waals surface area contributed by atoms with E-state index in [-0.39, 0.29) is 11.7 Å². The Bertz CT molecular complexity index is 435. The number of aryl methyl sites for hydroxylation is 1. The van der Waals surface area contributed by atoms with Crippen LogP contribution >= 0.6 is 0 Å². The van der Waals surface area contributed by atoms with Gasteiger partial charge in [-0.2, -0.15) is 0 Å². The zero-order valence-corrected chi connectivity index (χ0v) is 9.80. The SMILES string of the molecule is Cc1nc(N2CCC[C@@H](N)C2)ccc1[N+](=O)[O-]. The molecule has 1 aromatic rings. The molecule has 0 amide bonds. The highest BCUT2D eigenvalue weighted by atomic mass is 16.6. The minimum Gasteiger partial charge on any atom is -0.355 e. The number of nitro groups is 1. The topological polar surface area (TPSA) is 85.3 Å². The van der Waals surface area contributed by atoms with E-state index in [1.165, 1.54) is 6.07 Å². The van der Waals surface area contributed by atoms with Gasteiger partial charge in [0.15, 0.2) is 0 Å². The minimum atomic E-state index is -0.409. The fourth-order valence-electron chi connectivity index (χ4n) is 2.13. The van der Waals surface area contributed by atoms with Crippen molar-refractivity contribution in [3.05, 3.63) is 27.9 Å². The first-order valence-corrected chi connectivity index (χ1v) is 5.70. The molecule has 6 nitrogen and oxygen atoms in total. The number of anilines is 1. The van der Waals surface area contributed by atoms with Gasteiger partial charge in [0.2, 0.25) is 0 Å². The fourth-order valence-corrected chi connectivity index (χ4v) is 2.13. The number of rotatable bonds is 2. The number of hydrogen-bond acceptors (Lipinski definition) is 5. The lowest BCUT2D eigenvalue weighted by Crippen LogP contribution is -2.43. The summed E-state index contributed by atoms with van der Waals surface area (Å²) >= 11 is 0. The number of hydrogen-bond donors (Lipinski definition) is 1. The summed E-state index contributed by atoms with van der Waals surface area (Å²) < 4.78 is 0. The molecule has 1 aromatic heterocycles. The zero-order chi connectivity index (χ0) is 12.4. The highest BCUT2D eigenvalue weighted by Crippen LogP contribution is 2.22. The molecule has 1 atom stereocenters. The highest BCUT2D eigenvalue weighted by Gasteiger charge is 2.20. The first kappa shape index (κ1) is 11.8. The van der Waals surface area contributed by atoms with E-state index >= 15 is 0 Å². The lowest BCUT2D eigenvalue weighted by molar-refractivity contribution is -0.385. The number of nitrogens with two attached hydrogens (primary N) is 1. The predicted octanol–water partition coefficient (Wildman–Crippen LogP) is 1.23. The minimum absolute atomic E-state index is 0.0649. The van der Waals surface area contributed by atoms with Crippen molar-refractivity contribution >= 4 is 11.5 Å². The molecule has 1 aliphatic rings. The van der Waals surface area contributed by atoms with Gasteiger partial charge in [-0.25, -0.2) is 4.98 Å². The van der Waals surface area contributed by atoms with Crippen molar-refractivity contribution in [2.45, 2.75) is 25.8 Å². The molecule has 0 aromatic carbocycles. The van der Waals surface area contributed by atoms with Crippen molar-refractivity contribution in [2.24, 2.45) is 5.73 Å². The third-order valence-corrected chi connectivity index (χ3v) is 3.02. The van der Waals surface area contributed by atoms with E-state index in [1.807, 2.05) is 0 Å². The second kappa shape index (κ2) is 4.67. The van der Waals surface area contributed by atoms with Crippen LogP contribution in [0.4, 0.5) is 11.5 Å². The smallest absolute Gasteiger partial charge is 0.290 e. The molecule has 0 spiro atoms. The van der Waals surface area contributed by atoms with Crippen molar-refractivity contribution in [1.29, 1.82) is 0 Å². The molecular formula is C11H16N4O2. The number of pyridine rings is 1. The Morgan fingerprint density at radius 1 is 1.59 bits per heavy atom. The van der Waals surface area contributed by atoms with Crippen molar-refractivity contribution < 1.29 is 4.92 Å². The molecule has 0 bridgehead atoms. The van der Waals surface area contributed by atoms with Crippen LogP contribution in [0.5, 0.6) is 0 Å². The average Bonchev–Trinajstić information content (AvgIpc) is 2.28. The fraction of sp³-hybridized carbons (Fsp3) is 0.545. The molecule has 0 saturated carbocycles. The molecule has 1 fully saturated rings. The van der Waals surface area contributed by atoms with Gasteiger partial charge in [-0.3, -0.25) is 10.1 Å². The Morgan fingerprint density at radius 3 is 2.94 bits per heavy atom. The second-order valence-corrected chi connectivity index (χ2v) is 4.38. The summed E-state index contributed by atoms with van der Waals surface area (Å²) in [7, 11) is 0. The van der Waals surface area contributed by atoms with E-state index in [4.69, 9.17) is 5.73 Å². The maximum absolute atomic E-state index is 10.7. The number of nitrogens with zero attached hydrogens (tertiary/aromatic N) is 3. The van der Waals surface area contributed by atoms with Gasteiger partial charge in [-0.15, -0.1) is 0 Å². The van der Waals surface area contributed by atoms with Crippen LogP contribution in [-0.2, 0) is 0 Å². The van der Waals surface area contributed by atoms with Gasteiger partial charge < -0.3 is 10.6 Å². The lowest BCUT2D eigenvalue weighted by atomic mass is 10.1. The molecule has 92 valence electrons. The summed E-state index contributed by atoms with van der Waals surface area (Å²) in [4.78, 5) is 16.7. The van der Waals surface area contributed by atoms with Crippen molar-refractivity contribution in [2.75, 3.05) is 18.0 Å². The molecule has 2 heterocycles. The molecule has 0 radical (unpaired) electrons. The van der Waals surface area contributed by atoms with Crippen molar-refractivity contribution in [3.8, 4) is 0 Å². The predicted molar refractivity (Wildman–Crippen MR) is 65.1 cm³/mol. The summed E-state index contributed by atoms with van der Waals surface area (Å²) in [5.41, 5.74) is 6.42. The molecule has 2 rings (SSSR count). The molecule has 0 unspecified atom stereocenters. The normalized spacial score (nSPS) is 20.4. The van der Waals surface area contributed by atoms with Crippen LogP contribution < -0.4 is 10.6 Å². The van der Waals surface area contributed by atoms with E-state index < -0.39 is 4.92 Å². The van der Waals surface area contributed by atoms with Gasteiger partial charge in [0.25, 0.3) is 5.69 Å². The third-order valence-electron chi connectivity index (χ3n) is 3.02. The Labute approximate surface area is 99.6 Å². The molecule has 1 aliphatic heterocycles. The molecule has 0 aliphatic carbocycles. The zero-order valence-electron chi connectivity index (χ0n) is 9.80. The molecule has 2 N–H and O–H groups in total. The molecule has 1 saturated heterocycles. The van der Waals surface area contributed by atoms with Gasteiger partial charge in [-0.05, 0) is 25.8 Å². The Kier molecular flexibility index (Phi) is 3.23. The first-order chi connectivity index (χ1) is 8.08. The number of aromatic nitrogens is 1. The number of piperidine rings is 1. The van der Waals surface area contributed by atoms with E-state index in [2.05, 4.69) is 9.88 Å². The van der Waals surface area contributed by atoms with E-state index in [0.717, 1.165) is 31.7 Å². The van der Waals surface area contributed by atoms with Gasteiger partial charge in [0.1, 0.15) is 11.5 Å². The van der Waals surface area contributed by atoms with Crippen molar-refractivity contribution in [1.82, 2.24) is 4.98 Å². The lowest BCUT2D eigenvalue weighted by Gasteiger charge is -2.31. The van der Waals surface area contributed by atoms with Gasteiger partial charge in [0, 0.05) is 25.2 Å². The van der Waals surface area contributed by atoms with Crippen LogP contribution in [0.15, 0.2) is 12.1 Å². The first-order valence-electron chi connectivity index (χ1n) is 5.70.